The van der Waals surface area contributed by atoms with Crippen LogP contribution in [0.25, 0.3) is 0 Å². The molecule has 0 unspecified atom stereocenters. The first-order valence-electron chi connectivity index (χ1n) is 13.0. The van der Waals surface area contributed by atoms with Crippen molar-refractivity contribution in [1.82, 2.24) is 0 Å². The Morgan fingerprint density at radius 3 is 1.63 bits per heavy atom. The SMILES string of the molecule is Cc1[c-]c(C)cc(CC2CCC(CC3CCC(C4CCC(C)CC4)CC3)CC2)c1.[Y]. The zero-order valence-corrected chi connectivity index (χ0v) is 22.9. The van der Waals surface area contributed by atoms with Gasteiger partial charge in [-0.15, -0.1) is 0 Å². The van der Waals surface area contributed by atoms with E-state index in [1.54, 1.807) is 50.5 Å². The molecule has 0 heterocycles. The van der Waals surface area contributed by atoms with E-state index in [1.165, 1.54) is 56.1 Å². The Morgan fingerprint density at radius 2 is 1.10 bits per heavy atom. The largest absolute Gasteiger partial charge is 0.177 e. The van der Waals surface area contributed by atoms with Gasteiger partial charge in [-0.05, 0) is 86.9 Å². The van der Waals surface area contributed by atoms with E-state index in [0.717, 1.165) is 35.5 Å². The van der Waals surface area contributed by atoms with E-state index in [1.807, 2.05) is 0 Å². The first-order valence-corrected chi connectivity index (χ1v) is 13.0. The van der Waals surface area contributed by atoms with Crippen LogP contribution < -0.4 is 0 Å². The van der Waals surface area contributed by atoms with Gasteiger partial charge in [0.1, 0.15) is 0 Å². The predicted molar refractivity (Wildman–Crippen MR) is 125 cm³/mol. The second-order valence-electron chi connectivity index (χ2n) is 11.5. The molecule has 30 heavy (non-hydrogen) atoms. The zero-order chi connectivity index (χ0) is 20.2. The van der Waals surface area contributed by atoms with Crippen molar-refractivity contribution < 1.29 is 32.7 Å². The Bertz CT molecular complexity index is 606. The van der Waals surface area contributed by atoms with Crippen LogP contribution >= 0.6 is 0 Å². The summed E-state index contributed by atoms with van der Waals surface area (Å²) in [7, 11) is 0. The van der Waals surface area contributed by atoms with Gasteiger partial charge in [-0.1, -0.05) is 59.3 Å². The minimum atomic E-state index is 0. The van der Waals surface area contributed by atoms with E-state index in [-0.39, 0.29) is 32.7 Å². The summed E-state index contributed by atoms with van der Waals surface area (Å²) in [5, 5.41) is 0. The van der Waals surface area contributed by atoms with E-state index in [4.69, 9.17) is 0 Å². The first-order chi connectivity index (χ1) is 14.0. The van der Waals surface area contributed by atoms with Crippen LogP contribution in [0.2, 0.25) is 0 Å². The van der Waals surface area contributed by atoms with Gasteiger partial charge in [-0.25, -0.2) is 0 Å². The Kier molecular flexibility index (Phi) is 9.96. The number of rotatable bonds is 5. The maximum Gasteiger partial charge on any atom is 0 e. The van der Waals surface area contributed by atoms with Crippen molar-refractivity contribution in [3.8, 4) is 0 Å². The molecule has 1 heteroatoms. The molecule has 1 radical (unpaired) electrons. The fraction of sp³-hybridized carbons (Fsp3) is 0.793. The average Bonchev–Trinajstić information content (AvgIpc) is 2.70. The fourth-order valence-electron chi connectivity index (χ4n) is 7.23. The molecule has 3 fully saturated rings. The molecule has 0 amide bonds. The van der Waals surface area contributed by atoms with Crippen LogP contribution in [0, 0.1) is 55.4 Å². The Balaban J connectivity index is 0.00000256. The van der Waals surface area contributed by atoms with Crippen molar-refractivity contribution in [3.05, 3.63) is 34.9 Å². The van der Waals surface area contributed by atoms with E-state index in [2.05, 4.69) is 39.0 Å². The summed E-state index contributed by atoms with van der Waals surface area (Å²) in [5.41, 5.74) is 4.18. The summed E-state index contributed by atoms with van der Waals surface area (Å²) in [6.45, 7) is 6.84. The Morgan fingerprint density at radius 1 is 0.667 bits per heavy atom. The molecule has 4 rings (SSSR count). The van der Waals surface area contributed by atoms with E-state index in [0.29, 0.717) is 0 Å². The van der Waals surface area contributed by atoms with Gasteiger partial charge < -0.3 is 0 Å². The van der Waals surface area contributed by atoms with Crippen LogP contribution in [0.5, 0.6) is 0 Å². The van der Waals surface area contributed by atoms with Crippen molar-refractivity contribution in [2.24, 2.45) is 35.5 Å². The quantitative estimate of drug-likeness (QED) is 0.369. The molecule has 0 nitrogen and oxygen atoms in total. The molecule has 0 bridgehead atoms. The molecule has 3 aliphatic carbocycles. The summed E-state index contributed by atoms with van der Waals surface area (Å²) in [5.74, 6) is 6.21. The molecule has 0 aliphatic heterocycles. The third-order valence-electron chi connectivity index (χ3n) is 8.97. The van der Waals surface area contributed by atoms with Crippen molar-refractivity contribution in [1.29, 1.82) is 0 Å². The van der Waals surface area contributed by atoms with Gasteiger partial charge in [0, 0.05) is 32.7 Å². The van der Waals surface area contributed by atoms with Crippen LogP contribution in [0.15, 0.2) is 12.1 Å². The topological polar surface area (TPSA) is 0 Å². The van der Waals surface area contributed by atoms with Gasteiger partial charge in [0.25, 0.3) is 0 Å². The molecule has 0 spiro atoms. The van der Waals surface area contributed by atoms with Gasteiger partial charge in [0.05, 0.1) is 0 Å². The molecule has 0 atom stereocenters. The standard InChI is InChI=1S/C29H45.Y/c1-21-4-12-28(13-5-21)29-14-10-26(11-15-29)19-24-6-8-25(9-7-24)20-27-17-22(2)16-23(3)18-27;/h17-18,21,24-26,28-29H,4-15,19-20H2,1-3H3;/q-1;. The molecule has 0 N–H and O–H groups in total. The van der Waals surface area contributed by atoms with Gasteiger partial charge >= 0.3 is 0 Å². The van der Waals surface area contributed by atoms with Crippen LogP contribution in [0.3, 0.4) is 0 Å². The minimum absolute atomic E-state index is 0. The van der Waals surface area contributed by atoms with E-state index >= 15 is 0 Å². The predicted octanol–water partition coefficient (Wildman–Crippen LogP) is 8.47. The summed E-state index contributed by atoms with van der Waals surface area (Å²) in [6, 6.07) is 8.16. The number of hydrogen-bond donors (Lipinski definition) is 0. The van der Waals surface area contributed by atoms with E-state index in [9.17, 15) is 0 Å². The minimum Gasteiger partial charge on any atom is -0.177 e. The molecule has 3 aliphatic rings. The van der Waals surface area contributed by atoms with Gasteiger partial charge in [-0.3, -0.25) is 0 Å². The summed E-state index contributed by atoms with van der Waals surface area (Å²) in [4.78, 5) is 0. The second kappa shape index (κ2) is 12.0. The Labute approximate surface area is 212 Å². The zero-order valence-electron chi connectivity index (χ0n) is 20.1. The third-order valence-corrected chi connectivity index (χ3v) is 8.97. The fourth-order valence-corrected chi connectivity index (χ4v) is 7.23. The van der Waals surface area contributed by atoms with Gasteiger partial charge in [-0.2, -0.15) is 34.9 Å². The van der Waals surface area contributed by atoms with Crippen LogP contribution in [0.1, 0.15) is 107 Å². The van der Waals surface area contributed by atoms with Crippen LogP contribution in [-0.4, -0.2) is 0 Å². The molecule has 3 saturated carbocycles. The van der Waals surface area contributed by atoms with E-state index < -0.39 is 0 Å². The summed E-state index contributed by atoms with van der Waals surface area (Å²) in [6.07, 6.45) is 21.1. The van der Waals surface area contributed by atoms with Crippen molar-refractivity contribution in [2.75, 3.05) is 0 Å². The smallest absolute Gasteiger partial charge is 0 e. The Hall–Kier alpha value is 0.324. The van der Waals surface area contributed by atoms with Crippen molar-refractivity contribution >= 4 is 0 Å². The molecule has 1 aromatic carbocycles. The van der Waals surface area contributed by atoms with Crippen molar-refractivity contribution in [2.45, 2.75) is 111 Å². The molecule has 1 aromatic rings. The third kappa shape index (κ3) is 7.17. The second-order valence-corrected chi connectivity index (χ2v) is 11.5. The molecular weight excluding hydrogens is 437 g/mol. The molecular formula is C29H45Y-. The monoisotopic (exact) mass is 482 g/mol. The maximum atomic E-state index is 3.43. The maximum absolute atomic E-state index is 3.43. The van der Waals surface area contributed by atoms with Gasteiger partial charge in [0.2, 0.25) is 0 Å². The van der Waals surface area contributed by atoms with Crippen LogP contribution in [-0.2, 0) is 39.1 Å². The molecule has 165 valence electrons. The number of benzene rings is 1. The van der Waals surface area contributed by atoms with Crippen molar-refractivity contribution in [3.63, 3.8) is 0 Å². The number of aryl methyl sites for hydroxylation is 2. The average molecular weight is 483 g/mol. The van der Waals surface area contributed by atoms with Gasteiger partial charge in [0.15, 0.2) is 0 Å². The van der Waals surface area contributed by atoms with Crippen LogP contribution in [0.4, 0.5) is 0 Å². The normalized spacial score (nSPS) is 34.9. The summed E-state index contributed by atoms with van der Waals surface area (Å²) >= 11 is 0. The summed E-state index contributed by atoms with van der Waals surface area (Å²) < 4.78 is 0. The number of hydrogen-bond acceptors (Lipinski definition) is 0. The molecule has 0 aromatic heterocycles. The molecule has 0 saturated heterocycles. The first kappa shape index (κ1) is 25.0.